The lowest BCUT2D eigenvalue weighted by Gasteiger charge is -2.30. The smallest absolute Gasteiger partial charge is 0.240 e. The van der Waals surface area contributed by atoms with Gasteiger partial charge in [-0.15, -0.1) is 0 Å². The Morgan fingerprint density at radius 1 is 0.970 bits per heavy atom. The zero-order chi connectivity index (χ0) is 23.3. The van der Waals surface area contributed by atoms with E-state index >= 15 is 0 Å². The topological polar surface area (TPSA) is 88.5 Å². The van der Waals surface area contributed by atoms with Crippen LogP contribution in [0, 0.1) is 11.8 Å². The van der Waals surface area contributed by atoms with E-state index in [4.69, 9.17) is 21.1 Å². The molecule has 3 heterocycles. The van der Waals surface area contributed by atoms with Gasteiger partial charge in [-0.1, -0.05) is 17.7 Å². The van der Waals surface area contributed by atoms with Gasteiger partial charge in [0.15, 0.2) is 17.3 Å². The number of anilines is 1. The number of imide groups is 1. The van der Waals surface area contributed by atoms with Gasteiger partial charge in [0, 0.05) is 16.8 Å². The van der Waals surface area contributed by atoms with Crippen LogP contribution < -0.4 is 14.4 Å². The number of carbonyl (C=O) groups excluding carboxylic acids is 3. The lowest BCUT2D eigenvalue weighted by Crippen LogP contribution is -2.46. The predicted octanol–water partition coefficient (Wildman–Crippen LogP) is 2.95. The fraction of sp³-hybridized carbons (Fsp3) is 0.250. The van der Waals surface area contributed by atoms with Crippen molar-refractivity contribution in [1.29, 1.82) is 0 Å². The van der Waals surface area contributed by atoms with Gasteiger partial charge in [-0.3, -0.25) is 19.4 Å². The lowest BCUT2D eigenvalue weighted by atomic mass is 9.86. The van der Waals surface area contributed by atoms with Crippen molar-refractivity contribution in [3.63, 3.8) is 0 Å². The predicted molar refractivity (Wildman–Crippen MR) is 122 cm³/mol. The van der Waals surface area contributed by atoms with Crippen molar-refractivity contribution in [3.05, 3.63) is 65.2 Å². The molecule has 2 amide bonds. The molecule has 33 heavy (non-hydrogen) atoms. The second-order valence-electron chi connectivity index (χ2n) is 7.94. The molecule has 5 rings (SSSR count). The molecular weight excluding hydrogens is 446 g/mol. The normalized spacial score (nSPS) is 25.3. The average molecular weight is 466 g/mol. The van der Waals surface area contributed by atoms with Gasteiger partial charge in [0.2, 0.25) is 11.8 Å². The summed E-state index contributed by atoms with van der Waals surface area (Å²) in [7, 11) is 2.99. The van der Waals surface area contributed by atoms with Crippen LogP contribution in [0.15, 0.2) is 59.7 Å². The van der Waals surface area contributed by atoms with E-state index in [1.807, 2.05) is 6.08 Å². The van der Waals surface area contributed by atoms with Gasteiger partial charge < -0.3 is 9.47 Å². The van der Waals surface area contributed by atoms with Gasteiger partial charge >= 0.3 is 0 Å². The van der Waals surface area contributed by atoms with Crippen molar-refractivity contribution < 1.29 is 23.9 Å². The Labute approximate surface area is 195 Å². The number of ether oxygens (including phenoxy) is 2. The Morgan fingerprint density at radius 2 is 1.67 bits per heavy atom. The third kappa shape index (κ3) is 3.21. The standard InChI is InChI=1S/C24H20ClN3O5/c1-32-17-10-5-13(12-18(17)33-2)22(29)21-20-19(16-4-3-11-26-28(16)21)23(30)27(24(20)31)15-8-6-14(25)7-9-15/h3-12,16,19-21H,1-2H3. The Hall–Kier alpha value is -3.65. The first-order valence-electron chi connectivity index (χ1n) is 10.3. The summed E-state index contributed by atoms with van der Waals surface area (Å²) in [4.78, 5) is 41.9. The molecular formula is C24H20ClN3O5. The zero-order valence-corrected chi connectivity index (χ0v) is 18.6. The Bertz CT molecular complexity index is 1210. The third-order valence-electron chi connectivity index (χ3n) is 6.31. The largest absolute Gasteiger partial charge is 0.493 e. The van der Waals surface area contributed by atoms with E-state index in [-0.39, 0.29) is 11.7 Å². The van der Waals surface area contributed by atoms with Crippen LogP contribution in [0.5, 0.6) is 11.5 Å². The molecule has 3 aliphatic heterocycles. The monoisotopic (exact) mass is 465 g/mol. The minimum Gasteiger partial charge on any atom is -0.493 e. The number of hydrogen-bond acceptors (Lipinski definition) is 7. The first kappa shape index (κ1) is 21.2. The van der Waals surface area contributed by atoms with Gasteiger partial charge in [0.05, 0.1) is 37.8 Å². The van der Waals surface area contributed by atoms with Crippen LogP contribution in [0.1, 0.15) is 10.4 Å². The highest BCUT2D eigenvalue weighted by molar-refractivity contribution is 6.31. The van der Waals surface area contributed by atoms with Gasteiger partial charge in [-0.05, 0) is 48.5 Å². The number of benzene rings is 2. The molecule has 0 radical (unpaired) electrons. The molecule has 0 aromatic heterocycles. The Morgan fingerprint density at radius 3 is 2.36 bits per heavy atom. The number of nitrogens with zero attached hydrogens (tertiary/aromatic N) is 3. The fourth-order valence-electron chi connectivity index (χ4n) is 4.84. The zero-order valence-electron chi connectivity index (χ0n) is 17.8. The molecule has 0 spiro atoms. The van der Waals surface area contributed by atoms with E-state index in [0.29, 0.717) is 27.8 Å². The molecule has 2 saturated heterocycles. The van der Waals surface area contributed by atoms with Crippen LogP contribution in [0.4, 0.5) is 5.69 Å². The van der Waals surface area contributed by atoms with Crippen LogP contribution in [-0.4, -0.2) is 55.1 Å². The van der Waals surface area contributed by atoms with Crippen LogP contribution in [0.25, 0.3) is 0 Å². The van der Waals surface area contributed by atoms with Gasteiger partial charge in [-0.25, -0.2) is 4.90 Å². The molecule has 2 aromatic carbocycles. The van der Waals surface area contributed by atoms with Gasteiger partial charge in [-0.2, -0.15) is 5.10 Å². The second-order valence-corrected chi connectivity index (χ2v) is 8.38. The van der Waals surface area contributed by atoms with Crippen LogP contribution in [0.3, 0.4) is 0 Å². The van der Waals surface area contributed by atoms with Crippen molar-refractivity contribution in [2.24, 2.45) is 16.9 Å². The maximum atomic E-state index is 13.7. The van der Waals surface area contributed by atoms with Crippen LogP contribution in [-0.2, 0) is 9.59 Å². The van der Waals surface area contributed by atoms with Crippen LogP contribution >= 0.6 is 11.6 Å². The number of amides is 2. The molecule has 2 aromatic rings. The average Bonchev–Trinajstić information content (AvgIpc) is 3.31. The number of hydrogen-bond donors (Lipinski definition) is 0. The van der Waals surface area contributed by atoms with Gasteiger partial charge in [0.1, 0.15) is 6.04 Å². The van der Waals surface area contributed by atoms with Gasteiger partial charge in [0.25, 0.3) is 0 Å². The second kappa shape index (κ2) is 8.04. The molecule has 4 unspecified atom stereocenters. The highest BCUT2D eigenvalue weighted by Crippen LogP contribution is 2.46. The maximum Gasteiger partial charge on any atom is 0.240 e. The summed E-state index contributed by atoms with van der Waals surface area (Å²) in [5.74, 6) is -1.82. The number of ketones is 1. The SMILES string of the molecule is COc1ccc(C(=O)C2C3C(=O)N(c4ccc(Cl)cc4)C(=O)C3C3C=CC=NN32)cc1OC. The number of fused-ring (bicyclic) bond motifs is 3. The van der Waals surface area contributed by atoms with E-state index in [1.54, 1.807) is 59.8 Å². The molecule has 4 atom stereocenters. The summed E-state index contributed by atoms with van der Waals surface area (Å²) in [6.45, 7) is 0. The quantitative estimate of drug-likeness (QED) is 0.498. The van der Waals surface area contributed by atoms with Crippen molar-refractivity contribution >= 4 is 41.1 Å². The number of carbonyl (C=O) groups is 3. The highest BCUT2D eigenvalue weighted by Gasteiger charge is 2.64. The number of allylic oxidation sites excluding steroid dienone is 1. The molecule has 0 N–H and O–H groups in total. The first-order chi connectivity index (χ1) is 16.0. The van der Waals surface area contributed by atoms with E-state index in [0.717, 1.165) is 4.90 Å². The van der Waals surface area contributed by atoms with Crippen LogP contribution in [0.2, 0.25) is 5.02 Å². The fourth-order valence-corrected chi connectivity index (χ4v) is 4.97. The summed E-state index contributed by atoms with van der Waals surface area (Å²) < 4.78 is 10.6. The molecule has 0 saturated carbocycles. The summed E-state index contributed by atoms with van der Waals surface area (Å²) in [6, 6.07) is 9.88. The van der Waals surface area contributed by atoms with E-state index in [9.17, 15) is 14.4 Å². The molecule has 9 heteroatoms. The van der Waals surface area contributed by atoms with Crippen molar-refractivity contribution in [2.45, 2.75) is 12.1 Å². The van der Waals surface area contributed by atoms with Crippen molar-refractivity contribution in [2.75, 3.05) is 19.1 Å². The lowest BCUT2D eigenvalue weighted by molar-refractivity contribution is -0.123. The first-order valence-corrected chi connectivity index (χ1v) is 10.7. The minimum atomic E-state index is -0.937. The molecule has 168 valence electrons. The van der Waals surface area contributed by atoms with Crippen molar-refractivity contribution in [3.8, 4) is 11.5 Å². The highest BCUT2D eigenvalue weighted by atomic mass is 35.5. The van der Waals surface area contributed by atoms with E-state index in [2.05, 4.69) is 5.10 Å². The summed E-state index contributed by atoms with van der Waals surface area (Å²) in [6.07, 6.45) is 5.09. The number of methoxy groups -OCH3 is 2. The molecule has 0 bridgehead atoms. The van der Waals surface area contributed by atoms with E-state index < -0.39 is 29.8 Å². The third-order valence-corrected chi connectivity index (χ3v) is 6.56. The summed E-state index contributed by atoms with van der Waals surface area (Å²) in [5, 5.41) is 6.43. The Balaban J connectivity index is 1.56. The summed E-state index contributed by atoms with van der Waals surface area (Å²) >= 11 is 5.97. The number of halogens is 1. The molecule has 8 nitrogen and oxygen atoms in total. The molecule has 0 aliphatic carbocycles. The van der Waals surface area contributed by atoms with E-state index in [1.165, 1.54) is 14.2 Å². The number of rotatable bonds is 5. The number of hydrazone groups is 1. The minimum absolute atomic E-state index is 0.319. The van der Waals surface area contributed by atoms with Crippen molar-refractivity contribution in [1.82, 2.24) is 5.01 Å². The molecule has 2 fully saturated rings. The summed E-state index contributed by atoms with van der Waals surface area (Å²) in [5.41, 5.74) is 0.767. The number of Topliss-reactive ketones (excluding diaryl/α,β-unsaturated/α-hetero) is 1. The Kier molecular flexibility index (Phi) is 5.17. The maximum absolute atomic E-state index is 13.7. The molecule has 3 aliphatic rings.